The zero-order chi connectivity index (χ0) is 10.5. The van der Waals surface area contributed by atoms with Gasteiger partial charge >= 0.3 is 0 Å². The van der Waals surface area contributed by atoms with E-state index < -0.39 is 0 Å². The van der Waals surface area contributed by atoms with Crippen LogP contribution in [0.4, 0.5) is 0 Å². The molecule has 1 heterocycles. The molecule has 0 saturated heterocycles. The van der Waals surface area contributed by atoms with Crippen LogP contribution in [0.1, 0.15) is 38.5 Å². The Morgan fingerprint density at radius 2 is 2.07 bits per heavy atom. The molecule has 0 spiro atoms. The van der Waals surface area contributed by atoms with E-state index in [4.69, 9.17) is 5.73 Å². The smallest absolute Gasteiger partial charge is 0.170 e. The molecule has 2 unspecified atom stereocenters. The fraction of sp³-hybridized carbons (Fsp3) is 0.800. The van der Waals surface area contributed by atoms with Crippen molar-refractivity contribution in [3.05, 3.63) is 6.33 Å². The fourth-order valence-electron chi connectivity index (χ4n) is 1.97. The van der Waals surface area contributed by atoms with Gasteiger partial charge in [-0.3, -0.25) is 0 Å². The summed E-state index contributed by atoms with van der Waals surface area (Å²) in [6, 6.07) is 0.333. The van der Waals surface area contributed by atoms with Crippen molar-refractivity contribution >= 4 is 23.3 Å². The number of hydrogen-bond acceptors (Lipinski definition) is 5. The molecule has 1 saturated carbocycles. The van der Waals surface area contributed by atoms with E-state index in [9.17, 15) is 0 Å². The van der Waals surface area contributed by atoms with Gasteiger partial charge in [-0.05, 0) is 24.4 Å². The number of thioether (sulfide) groups is 1. The van der Waals surface area contributed by atoms with Crippen LogP contribution in [-0.4, -0.2) is 20.6 Å². The van der Waals surface area contributed by atoms with E-state index in [1.54, 1.807) is 6.33 Å². The van der Waals surface area contributed by atoms with Gasteiger partial charge in [-0.15, -0.1) is 0 Å². The highest BCUT2D eigenvalue weighted by atomic mass is 32.2. The predicted molar refractivity (Wildman–Crippen MR) is 65.2 cm³/mol. The monoisotopic (exact) mass is 243 g/mol. The third kappa shape index (κ3) is 3.43. The third-order valence-corrected chi connectivity index (χ3v) is 5.02. The molecule has 1 aliphatic carbocycles. The van der Waals surface area contributed by atoms with E-state index in [0.29, 0.717) is 11.3 Å². The minimum absolute atomic E-state index is 0.333. The normalized spacial score (nSPS) is 28.3. The summed E-state index contributed by atoms with van der Waals surface area (Å²) in [4.78, 5) is 4.21. The van der Waals surface area contributed by atoms with Crippen LogP contribution < -0.4 is 5.73 Å². The molecule has 1 aliphatic rings. The van der Waals surface area contributed by atoms with Crippen LogP contribution in [0.15, 0.2) is 10.7 Å². The van der Waals surface area contributed by atoms with Gasteiger partial charge in [0.25, 0.3) is 0 Å². The lowest BCUT2D eigenvalue weighted by Crippen LogP contribution is -2.33. The van der Waals surface area contributed by atoms with Crippen LogP contribution in [0.3, 0.4) is 0 Å². The summed E-state index contributed by atoms with van der Waals surface area (Å²) in [5.41, 5.74) is 6.20. The number of nitrogens with two attached hydrogens (primary N) is 1. The molecule has 0 radical (unpaired) electrons. The third-order valence-electron chi connectivity index (χ3n) is 2.85. The van der Waals surface area contributed by atoms with Gasteiger partial charge in [0, 0.05) is 11.3 Å². The summed E-state index contributed by atoms with van der Waals surface area (Å²) in [5, 5.41) is 0.540. The first-order chi connectivity index (χ1) is 7.36. The lowest BCUT2D eigenvalue weighted by molar-refractivity contribution is 0.463. The van der Waals surface area contributed by atoms with Crippen LogP contribution in [0.2, 0.25) is 0 Å². The SMILES string of the molecule is NC1CCCCCCC1Sc1ncns1. The number of aromatic nitrogens is 2. The molecule has 2 rings (SSSR count). The van der Waals surface area contributed by atoms with Crippen molar-refractivity contribution in [2.75, 3.05) is 0 Å². The molecule has 1 aromatic heterocycles. The summed E-state index contributed by atoms with van der Waals surface area (Å²) >= 11 is 3.30. The maximum Gasteiger partial charge on any atom is 0.170 e. The van der Waals surface area contributed by atoms with Gasteiger partial charge in [0.2, 0.25) is 0 Å². The predicted octanol–water partition coefficient (Wildman–Crippen LogP) is 2.68. The highest BCUT2D eigenvalue weighted by molar-refractivity contribution is 8.01. The fourth-order valence-corrected chi connectivity index (χ4v) is 3.88. The molecular weight excluding hydrogens is 226 g/mol. The van der Waals surface area contributed by atoms with E-state index in [0.717, 1.165) is 10.8 Å². The molecule has 2 atom stereocenters. The number of nitrogens with zero attached hydrogens (tertiary/aromatic N) is 2. The Morgan fingerprint density at radius 3 is 2.80 bits per heavy atom. The lowest BCUT2D eigenvalue weighted by Gasteiger charge is -2.24. The molecule has 15 heavy (non-hydrogen) atoms. The topological polar surface area (TPSA) is 51.8 Å². The molecule has 0 bridgehead atoms. The van der Waals surface area contributed by atoms with E-state index in [2.05, 4.69) is 9.36 Å². The molecule has 2 N–H and O–H groups in total. The van der Waals surface area contributed by atoms with Crippen molar-refractivity contribution in [2.45, 2.75) is 54.2 Å². The molecular formula is C10H17N3S2. The average Bonchev–Trinajstić information content (AvgIpc) is 2.70. The summed E-state index contributed by atoms with van der Waals surface area (Å²) in [6.45, 7) is 0. The second kappa shape index (κ2) is 5.82. The summed E-state index contributed by atoms with van der Waals surface area (Å²) < 4.78 is 5.09. The second-order valence-corrected chi connectivity index (χ2v) is 6.29. The van der Waals surface area contributed by atoms with Crippen molar-refractivity contribution in [1.29, 1.82) is 0 Å². The van der Waals surface area contributed by atoms with Gasteiger partial charge < -0.3 is 5.73 Å². The highest BCUT2D eigenvalue weighted by Crippen LogP contribution is 2.31. The summed E-state index contributed by atoms with van der Waals surface area (Å²) in [7, 11) is 0. The first-order valence-electron chi connectivity index (χ1n) is 5.55. The van der Waals surface area contributed by atoms with E-state index in [1.807, 2.05) is 11.8 Å². The van der Waals surface area contributed by atoms with Gasteiger partial charge in [0.15, 0.2) is 4.34 Å². The molecule has 0 aromatic carbocycles. The van der Waals surface area contributed by atoms with E-state index in [-0.39, 0.29) is 0 Å². The van der Waals surface area contributed by atoms with E-state index >= 15 is 0 Å². The maximum absolute atomic E-state index is 6.20. The first kappa shape index (κ1) is 11.4. The maximum atomic E-state index is 6.20. The summed E-state index contributed by atoms with van der Waals surface area (Å²) in [5.74, 6) is 0. The Kier molecular flexibility index (Phi) is 4.41. The van der Waals surface area contributed by atoms with Crippen molar-refractivity contribution in [3.63, 3.8) is 0 Å². The minimum Gasteiger partial charge on any atom is -0.327 e. The molecule has 5 heteroatoms. The van der Waals surface area contributed by atoms with Gasteiger partial charge in [0.05, 0.1) is 0 Å². The number of hydrogen-bond donors (Lipinski definition) is 1. The van der Waals surface area contributed by atoms with E-state index in [1.165, 1.54) is 43.6 Å². The second-order valence-electron chi connectivity index (χ2n) is 4.02. The molecule has 1 aromatic rings. The summed E-state index contributed by atoms with van der Waals surface area (Å²) in [6.07, 6.45) is 9.33. The van der Waals surface area contributed by atoms with Crippen molar-refractivity contribution < 1.29 is 0 Å². The average molecular weight is 243 g/mol. The van der Waals surface area contributed by atoms with Crippen molar-refractivity contribution in [1.82, 2.24) is 9.36 Å². The van der Waals surface area contributed by atoms with Crippen molar-refractivity contribution in [3.8, 4) is 0 Å². The van der Waals surface area contributed by atoms with Gasteiger partial charge in [0.1, 0.15) is 6.33 Å². The highest BCUT2D eigenvalue weighted by Gasteiger charge is 2.21. The zero-order valence-electron chi connectivity index (χ0n) is 8.76. The van der Waals surface area contributed by atoms with Gasteiger partial charge in [-0.1, -0.05) is 37.4 Å². The Labute approximate surface area is 99.0 Å². The molecule has 1 fully saturated rings. The number of rotatable bonds is 2. The lowest BCUT2D eigenvalue weighted by atomic mass is 9.97. The molecule has 84 valence electrons. The van der Waals surface area contributed by atoms with Gasteiger partial charge in [-0.25, -0.2) is 4.98 Å². The van der Waals surface area contributed by atoms with Crippen LogP contribution in [-0.2, 0) is 0 Å². The standard InChI is InChI=1S/C10H17N3S2/c11-8-5-3-1-2-4-6-9(8)14-10-12-7-13-15-10/h7-9H,1-6,11H2. The molecule has 0 aliphatic heterocycles. The zero-order valence-corrected chi connectivity index (χ0v) is 10.4. The Morgan fingerprint density at radius 1 is 1.27 bits per heavy atom. The van der Waals surface area contributed by atoms with Crippen LogP contribution in [0, 0.1) is 0 Å². The van der Waals surface area contributed by atoms with Crippen LogP contribution in [0.5, 0.6) is 0 Å². The Balaban J connectivity index is 1.92. The van der Waals surface area contributed by atoms with Gasteiger partial charge in [-0.2, -0.15) is 4.37 Å². The largest absolute Gasteiger partial charge is 0.327 e. The first-order valence-corrected chi connectivity index (χ1v) is 7.20. The quantitative estimate of drug-likeness (QED) is 0.867. The minimum atomic E-state index is 0.333. The van der Waals surface area contributed by atoms with Crippen molar-refractivity contribution in [2.24, 2.45) is 5.73 Å². The van der Waals surface area contributed by atoms with Crippen LogP contribution >= 0.6 is 23.3 Å². The Bertz CT molecular complexity index is 276. The molecule has 0 amide bonds. The molecule has 3 nitrogen and oxygen atoms in total. The Hall–Kier alpha value is -0.130. The van der Waals surface area contributed by atoms with Crippen LogP contribution in [0.25, 0.3) is 0 Å².